The number of benzene rings is 1. The van der Waals surface area contributed by atoms with Crippen LogP contribution in [0.5, 0.6) is 0 Å². The Balaban J connectivity index is 0.00000176. The minimum absolute atomic E-state index is 0. The summed E-state index contributed by atoms with van der Waals surface area (Å²) in [6.07, 6.45) is 0. The quantitative estimate of drug-likeness (QED) is 0.484. The number of hydrogen-bond acceptors (Lipinski definition) is 6. The second kappa shape index (κ2) is 7.12. The molecule has 0 aliphatic carbocycles. The predicted molar refractivity (Wildman–Crippen MR) is 82.0 cm³/mol. The third kappa shape index (κ3) is 3.67. The van der Waals surface area contributed by atoms with Crippen molar-refractivity contribution in [1.82, 2.24) is 25.6 Å². The van der Waals surface area contributed by atoms with E-state index in [0.29, 0.717) is 11.4 Å². The largest absolute Gasteiger partial charge is 0.399 e. The summed E-state index contributed by atoms with van der Waals surface area (Å²) in [6.45, 7) is 0. The van der Waals surface area contributed by atoms with Crippen molar-refractivity contribution >= 4 is 47.1 Å². The van der Waals surface area contributed by atoms with Gasteiger partial charge in [0.2, 0.25) is 0 Å². The molecule has 2 aromatic heterocycles. The fourth-order valence-electron chi connectivity index (χ4n) is 1.80. The van der Waals surface area contributed by atoms with Crippen LogP contribution in [0.3, 0.4) is 0 Å². The van der Waals surface area contributed by atoms with Gasteiger partial charge in [-0.1, -0.05) is 23.3 Å². The van der Waals surface area contributed by atoms with Gasteiger partial charge in [-0.15, -0.1) is 5.10 Å². The summed E-state index contributed by atoms with van der Waals surface area (Å²) in [5, 5.41) is 15.4. The van der Waals surface area contributed by atoms with Gasteiger partial charge in [0.05, 0.1) is 5.69 Å². The first-order valence-electron chi connectivity index (χ1n) is 6.10. The van der Waals surface area contributed by atoms with E-state index in [2.05, 4.69) is 30.9 Å². The molecule has 0 spiro atoms. The monoisotopic (exact) mass is 304 g/mol. The maximum Gasteiger partial charge on any atom is 0.276 e. The molecule has 0 bridgehead atoms. The van der Waals surface area contributed by atoms with Crippen LogP contribution in [0.25, 0.3) is 11.3 Å². The molecule has 0 fully saturated rings. The number of anilines is 2. The molecule has 105 valence electrons. The average Bonchev–Trinajstić information content (AvgIpc) is 3.00. The van der Waals surface area contributed by atoms with Gasteiger partial charge in [0, 0.05) is 40.8 Å². The summed E-state index contributed by atoms with van der Waals surface area (Å²) >= 11 is 0. The molecule has 0 saturated carbocycles. The van der Waals surface area contributed by atoms with Crippen molar-refractivity contribution in [2.75, 3.05) is 11.1 Å². The molecule has 9 heteroatoms. The second-order valence-electron chi connectivity index (χ2n) is 4.22. The van der Waals surface area contributed by atoms with E-state index < -0.39 is 5.91 Å². The van der Waals surface area contributed by atoms with Crippen molar-refractivity contribution in [2.24, 2.45) is 0 Å². The maximum absolute atomic E-state index is 12.0. The summed E-state index contributed by atoms with van der Waals surface area (Å²) < 4.78 is 0. The van der Waals surface area contributed by atoms with Crippen LogP contribution < -0.4 is 11.1 Å². The van der Waals surface area contributed by atoms with Crippen LogP contribution in [-0.2, 0) is 0 Å². The van der Waals surface area contributed by atoms with Crippen LogP contribution in [0, 0.1) is 0 Å². The van der Waals surface area contributed by atoms with Gasteiger partial charge in [-0.2, -0.15) is 5.21 Å². The molecule has 0 aliphatic rings. The van der Waals surface area contributed by atoms with Gasteiger partial charge >= 0.3 is 0 Å². The number of nitrogens with one attached hydrogen (secondary N) is 2. The molecule has 4 N–H and O–H groups in total. The third-order valence-corrected chi connectivity index (χ3v) is 2.73. The van der Waals surface area contributed by atoms with E-state index in [1.165, 1.54) is 0 Å². The van der Waals surface area contributed by atoms with Gasteiger partial charge in [0.1, 0.15) is 5.69 Å². The van der Waals surface area contributed by atoms with Crippen LogP contribution in [-0.4, -0.2) is 61.1 Å². The summed E-state index contributed by atoms with van der Waals surface area (Å²) in [5.41, 5.74) is 8.13. The number of amides is 1. The number of carbonyl (C=O) groups is 1. The number of tetrazole rings is 1. The van der Waals surface area contributed by atoms with Crippen LogP contribution in [0.4, 0.5) is 11.6 Å². The number of rotatable bonds is 3. The number of nitrogens with zero attached hydrogens (tertiary/aromatic N) is 4. The number of hydrogen-bond donors (Lipinski definition) is 3. The summed E-state index contributed by atoms with van der Waals surface area (Å²) in [5.74, 6) is -0.321. The van der Waals surface area contributed by atoms with E-state index in [1.807, 2.05) is 12.1 Å². The first-order chi connectivity index (χ1) is 10.2. The molecule has 1 radical (unpaired) electrons. The zero-order valence-corrected chi connectivity index (χ0v) is 13.8. The molecule has 0 saturated heterocycles. The number of pyridine rings is 1. The molecule has 0 unspecified atom stereocenters. The van der Waals surface area contributed by atoms with Crippen molar-refractivity contribution in [2.45, 2.75) is 0 Å². The Kier molecular flexibility index (Phi) is 5.21. The second-order valence-corrected chi connectivity index (χ2v) is 4.22. The Morgan fingerprint density at radius 2 is 2.00 bits per heavy atom. The van der Waals surface area contributed by atoms with Gasteiger partial charge in [-0.25, -0.2) is 4.98 Å². The molecule has 1 aromatic carbocycles. The SMILES string of the molecule is Nc1cccc(-c2cccc(C(=O)Nc3nn[nH]n3)n2)c1.[Na]. The molecule has 8 nitrogen and oxygen atoms in total. The van der Waals surface area contributed by atoms with Crippen LogP contribution in [0.15, 0.2) is 42.5 Å². The Morgan fingerprint density at radius 1 is 1.18 bits per heavy atom. The van der Waals surface area contributed by atoms with Gasteiger partial charge < -0.3 is 5.73 Å². The minimum Gasteiger partial charge on any atom is -0.399 e. The molecule has 0 atom stereocenters. The van der Waals surface area contributed by atoms with E-state index in [-0.39, 0.29) is 41.2 Å². The predicted octanol–water partition coefficient (Wildman–Crippen LogP) is 0.715. The molecule has 3 aromatic rings. The Morgan fingerprint density at radius 3 is 2.73 bits per heavy atom. The van der Waals surface area contributed by atoms with E-state index in [4.69, 9.17) is 5.73 Å². The summed E-state index contributed by atoms with van der Waals surface area (Å²) in [6, 6.07) is 12.4. The van der Waals surface area contributed by atoms with Crippen molar-refractivity contribution in [3.8, 4) is 11.3 Å². The molecular formula is C13H11N7NaO. The van der Waals surface area contributed by atoms with Crippen molar-refractivity contribution < 1.29 is 4.79 Å². The fraction of sp³-hybridized carbons (Fsp3) is 0. The van der Waals surface area contributed by atoms with E-state index in [1.54, 1.807) is 30.3 Å². The van der Waals surface area contributed by atoms with Gasteiger partial charge in [-0.05, 0) is 29.5 Å². The van der Waals surface area contributed by atoms with Crippen LogP contribution in [0.2, 0.25) is 0 Å². The third-order valence-electron chi connectivity index (χ3n) is 2.73. The molecule has 1 amide bonds. The fourth-order valence-corrected chi connectivity index (χ4v) is 1.80. The van der Waals surface area contributed by atoms with Crippen LogP contribution >= 0.6 is 0 Å². The number of aromatic nitrogens is 5. The van der Waals surface area contributed by atoms with E-state index in [0.717, 1.165) is 5.56 Å². The number of aromatic amines is 1. The Labute approximate surface area is 147 Å². The van der Waals surface area contributed by atoms with E-state index >= 15 is 0 Å². The normalized spacial score (nSPS) is 9.82. The van der Waals surface area contributed by atoms with Gasteiger partial charge in [-0.3, -0.25) is 10.1 Å². The zero-order valence-electron chi connectivity index (χ0n) is 11.8. The Hall–Kier alpha value is -2.29. The topological polar surface area (TPSA) is 122 Å². The van der Waals surface area contributed by atoms with Gasteiger partial charge in [0.25, 0.3) is 11.9 Å². The zero-order chi connectivity index (χ0) is 14.7. The molecule has 0 aliphatic heterocycles. The van der Waals surface area contributed by atoms with E-state index in [9.17, 15) is 4.79 Å². The number of nitrogens with two attached hydrogens (primary N) is 1. The average molecular weight is 304 g/mol. The molecule has 22 heavy (non-hydrogen) atoms. The van der Waals surface area contributed by atoms with Gasteiger partial charge in [0.15, 0.2) is 0 Å². The standard InChI is InChI=1S/C13H11N7O.Na/c14-9-4-1-3-8(7-9)10-5-2-6-11(15-10)12(21)16-13-17-19-20-18-13;/h1-7H,14H2,(H2,16,17,18,19,20,21);. The number of carbonyl (C=O) groups excluding carboxylic acids is 1. The number of H-pyrrole nitrogens is 1. The van der Waals surface area contributed by atoms with Crippen molar-refractivity contribution in [1.29, 1.82) is 0 Å². The maximum atomic E-state index is 12.0. The summed E-state index contributed by atoms with van der Waals surface area (Å²) in [7, 11) is 0. The molecule has 3 rings (SSSR count). The van der Waals surface area contributed by atoms with Crippen molar-refractivity contribution in [3.05, 3.63) is 48.2 Å². The van der Waals surface area contributed by atoms with Crippen LogP contribution in [0.1, 0.15) is 10.5 Å². The molecular weight excluding hydrogens is 293 g/mol. The smallest absolute Gasteiger partial charge is 0.276 e. The first kappa shape index (κ1) is 16.1. The number of nitrogen functional groups attached to an aromatic ring is 1. The first-order valence-corrected chi connectivity index (χ1v) is 6.10. The Bertz CT molecular complexity index is 776. The van der Waals surface area contributed by atoms with Crippen molar-refractivity contribution in [3.63, 3.8) is 0 Å². The minimum atomic E-state index is -0.415. The molecule has 2 heterocycles. The summed E-state index contributed by atoms with van der Waals surface area (Å²) in [4.78, 5) is 16.4.